The van der Waals surface area contributed by atoms with Gasteiger partial charge in [0.1, 0.15) is 11.7 Å². The number of aliphatic hydroxyl groups excluding tert-OH is 1. The molecule has 0 radical (unpaired) electrons. The van der Waals surface area contributed by atoms with Gasteiger partial charge in [-0.2, -0.15) is 0 Å². The number of aliphatic hydroxyl groups is 1. The highest BCUT2D eigenvalue weighted by atomic mass is 16.6. The maximum absolute atomic E-state index is 11.9. The third-order valence-electron chi connectivity index (χ3n) is 2.50. The van der Waals surface area contributed by atoms with E-state index < -0.39 is 5.60 Å². The van der Waals surface area contributed by atoms with Gasteiger partial charge in [-0.25, -0.2) is 4.79 Å². The van der Waals surface area contributed by atoms with Crippen molar-refractivity contribution in [2.24, 2.45) is 0 Å². The molecule has 94 valence electrons. The fraction of sp³-hybridized carbons (Fsp3) is 0.909. The van der Waals surface area contributed by atoms with Gasteiger partial charge in [0.2, 0.25) is 0 Å². The summed E-state index contributed by atoms with van der Waals surface area (Å²) in [5, 5.41) is 9.09. The number of carbonyl (C=O) groups excluding carboxylic acids is 1. The second kappa shape index (κ2) is 5.01. The van der Waals surface area contributed by atoms with Gasteiger partial charge in [-0.05, 0) is 27.7 Å². The van der Waals surface area contributed by atoms with Crippen LogP contribution < -0.4 is 0 Å². The van der Waals surface area contributed by atoms with Crippen molar-refractivity contribution in [3.05, 3.63) is 0 Å². The number of carbonyl (C=O) groups is 1. The van der Waals surface area contributed by atoms with Crippen molar-refractivity contribution in [3.63, 3.8) is 0 Å². The molecule has 2 atom stereocenters. The Labute approximate surface area is 96.3 Å². The molecule has 0 saturated carbocycles. The van der Waals surface area contributed by atoms with Crippen LogP contribution in [0.2, 0.25) is 0 Å². The molecule has 1 saturated heterocycles. The van der Waals surface area contributed by atoms with E-state index in [0.29, 0.717) is 13.2 Å². The van der Waals surface area contributed by atoms with E-state index in [1.54, 1.807) is 4.90 Å². The average Bonchev–Trinajstić information content (AvgIpc) is 2.15. The van der Waals surface area contributed by atoms with Gasteiger partial charge in [-0.3, -0.25) is 0 Å². The first-order valence-corrected chi connectivity index (χ1v) is 5.57. The second-order valence-corrected chi connectivity index (χ2v) is 5.01. The number of nitrogens with zero attached hydrogens (tertiary/aromatic N) is 1. The zero-order valence-electron chi connectivity index (χ0n) is 10.4. The molecular formula is C11H21NO4. The predicted octanol–water partition coefficient (Wildman–Crippen LogP) is 1.00. The zero-order valence-corrected chi connectivity index (χ0v) is 10.4. The Morgan fingerprint density at radius 3 is 2.69 bits per heavy atom. The van der Waals surface area contributed by atoms with Crippen LogP contribution in [0.4, 0.5) is 4.79 Å². The Kier molecular flexibility index (Phi) is 4.15. The summed E-state index contributed by atoms with van der Waals surface area (Å²) in [5.41, 5.74) is -0.496. The molecule has 0 aromatic heterocycles. The van der Waals surface area contributed by atoms with Crippen molar-refractivity contribution >= 4 is 6.09 Å². The summed E-state index contributed by atoms with van der Waals surface area (Å²) in [6.07, 6.45) is -0.664. The van der Waals surface area contributed by atoms with E-state index in [9.17, 15) is 4.79 Å². The lowest BCUT2D eigenvalue weighted by Gasteiger charge is -2.39. The fourth-order valence-corrected chi connectivity index (χ4v) is 1.63. The van der Waals surface area contributed by atoms with E-state index in [0.717, 1.165) is 0 Å². The topological polar surface area (TPSA) is 59.0 Å². The maximum Gasteiger partial charge on any atom is 0.410 e. The zero-order chi connectivity index (χ0) is 12.3. The van der Waals surface area contributed by atoms with Crippen LogP contribution in [0.5, 0.6) is 0 Å². The van der Waals surface area contributed by atoms with Gasteiger partial charge in [-0.1, -0.05) is 0 Å². The van der Waals surface area contributed by atoms with E-state index >= 15 is 0 Å². The van der Waals surface area contributed by atoms with Crippen LogP contribution >= 0.6 is 0 Å². The van der Waals surface area contributed by atoms with Gasteiger partial charge in [0.05, 0.1) is 19.3 Å². The maximum atomic E-state index is 11.9. The molecule has 16 heavy (non-hydrogen) atoms. The van der Waals surface area contributed by atoms with Crippen LogP contribution in [0.25, 0.3) is 0 Å². The van der Waals surface area contributed by atoms with E-state index in [1.807, 2.05) is 27.7 Å². The molecule has 1 aliphatic rings. The minimum absolute atomic E-state index is 0.0829. The van der Waals surface area contributed by atoms with Crippen LogP contribution in [-0.4, -0.2) is 53.6 Å². The minimum atomic E-state index is -0.496. The summed E-state index contributed by atoms with van der Waals surface area (Å²) in [6.45, 7) is 8.21. The molecule has 5 heteroatoms. The first kappa shape index (κ1) is 13.3. The van der Waals surface area contributed by atoms with E-state index in [-0.39, 0.29) is 24.8 Å². The molecule has 1 fully saturated rings. The van der Waals surface area contributed by atoms with Crippen molar-refractivity contribution in [2.45, 2.75) is 45.4 Å². The lowest BCUT2D eigenvalue weighted by atomic mass is 10.1. The van der Waals surface area contributed by atoms with Gasteiger partial charge in [-0.15, -0.1) is 0 Å². The van der Waals surface area contributed by atoms with Crippen molar-refractivity contribution < 1.29 is 19.4 Å². The molecule has 1 heterocycles. The molecule has 0 aliphatic carbocycles. The van der Waals surface area contributed by atoms with Gasteiger partial charge in [0, 0.05) is 6.54 Å². The van der Waals surface area contributed by atoms with Crippen LogP contribution in [-0.2, 0) is 9.47 Å². The Morgan fingerprint density at radius 1 is 1.56 bits per heavy atom. The SMILES string of the molecule is C[C@H]1[C@@H](CO)OCCN1C(=O)OC(C)(C)C. The molecule has 0 aromatic carbocycles. The van der Waals surface area contributed by atoms with Crippen LogP contribution in [0.3, 0.4) is 0 Å². The third-order valence-corrected chi connectivity index (χ3v) is 2.50. The normalized spacial score (nSPS) is 26.7. The number of rotatable bonds is 1. The molecule has 1 N–H and O–H groups in total. The van der Waals surface area contributed by atoms with E-state index in [4.69, 9.17) is 14.6 Å². The van der Waals surface area contributed by atoms with Crippen molar-refractivity contribution in [3.8, 4) is 0 Å². The number of amides is 1. The highest BCUT2D eigenvalue weighted by Crippen LogP contribution is 2.17. The van der Waals surface area contributed by atoms with Crippen molar-refractivity contribution in [2.75, 3.05) is 19.8 Å². The molecule has 0 spiro atoms. The lowest BCUT2D eigenvalue weighted by Crippen LogP contribution is -2.54. The highest BCUT2D eigenvalue weighted by molar-refractivity contribution is 5.68. The Balaban J connectivity index is 2.61. The van der Waals surface area contributed by atoms with E-state index in [1.165, 1.54) is 0 Å². The standard InChI is InChI=1S/C11H21NO4/c1-8-9(7-13)15-6-5-12(8)10(14)16-11(2,3)4/h8-9,13H,5-7H2,1-4H3/t8-,9+/m0/s1. The van der Waals surface area contributed by atoms with Gasteiger partial charge in [0.25, 0.3) is 0 Å². The molecule has 0 aromatic rings. The molecule has 1 aliphatic heterocycles. The summed E-state index contributed by atoms with van der Waals surface area (Å²) in [4.78, 5) is 13.5. The molecular weight excluding hydrogens is 210 g/mol. The molecule has 0 bridgehead atoms. The summed E-state index contributed by atoms with van der Waals surface area (Å²) < 4.78 is 10.6. The van der Waals surface area contributed by atoms with Crippen molar-refractivity contribution in [1.82, 2.24) is 4.90 Å². The monoisotopic (exact) mass is 231 g/mol. The molecule has 5 nitrogen and oxygen atoms in total. The van der Waals surface area contributed by atoms with Crippen molar-refractivity contribution in [1.29, 1.82) is 0 Å². The lowest BCUT2D eigenvalue weighted by molar-refractivity contribution is -0.0873. The fourth-order valence-electron chi connectivity index (χ4n) is 1.63. The van der Waals surface area contributed by atoms with Gasteiger partial charge < -0.3 is 19.5 Å². The average molecular weight is 231 g/mol. The summed E-state index contributed by atoms with van der Waals surface area (Å²) >= 11 is 0. The van der Waals surface area contributed by atoms with Gasteiger partial charge in [0.15, 0.2) is 0 Å². The number of hydrogen-bond donors (Lipinski definition) is 1. The Morgan fingerprint density at radius 2 is 2.19 bits per heavy atom. The summed E-state index contributed by atoms with van der Waals surface area (Å²) in [5.74, 6) is 0. The predicted molar refractivity (Wildman–Crippen MR) is 59.2 cm³/mol. The molecule has 1 amide bonds. The smallest absolute Gasteiger partial charge is 0.410 e. The first-order valence-electron chi connectivity index (χ1n) is 5.57. The van der Waals surface area contributed by atoms with Crippen LogP contribution in [0, 0.1) is 0 Å². The number of morpholine rings is 1. The first-order chi connectivity index (χ1) is 7.35. The summed E-state index contributed by atoms with van der Waals surface area (Å²) in [7, 11) is 0. The Bertz CT molecular complexity index is 249. The molecule has 1 rings (SSSR count). The third kappa shape index (κ3) is 3.35. The largest absolute Gasteiger partial charge is 0.444 e. The summed E-state index contributed by atoms with van der Waals surface area (Å²) in [6, 6.07) is -0.159. The Hall–Kier alpha value is -0.810. The quantitative estimate of drug-likeness (QED) is 0.731. The van der Waals surface area contributed by atoms with Crippen LogP contribution in [0.1, 0.15) is 27.7 Å². The highest BCUT2D eigenvalue weighted by Gasteiger charge is 2.33. The minimum Gasteiger partial charge on any atom is -0.444 e. The van der Waals surface area contributed by atoms with Crippen LogP contribution in [0.15, 0.2) is 0 Å². The number of ether oxygens (including phenoxy) is 2. The van der Waals surface area contributed by atoms with E-state index in [2.05, 4.69) is 0 Å². The van der Waals surface area contributed by atoms with Gasteiger partial charge >= 0.3 is 6.09 Å². The molecule has 0 unspecified atom stereocenters. The number of hydrogen-bond acceptors (Lipinski definition) is 4. The second-order valence-electron chi connectivity index (χ2n) is 5.01.